The summed E-state index contributed by atoms with van der Waals surface area (Å²) in [5.74, 6) is 0.895. The molecule has 0 radical (unpaired) electrons. The number of para-hydroxylation sites is 1. The predicted molar refractivity (Wildman–Crippen MR) is 211 cm³/mol. The van der Waals surface area contributed by atoms with Crippen LogP contribution in [-0.2, 0) is 4.57 Å². The highest BCUT2D eigenvalue weighted by Crippen LogP contribution is 2.44. The van der Waals surface area contributed by atoms with Crippen molar-refractivity contribution < 1.29 is 8.98 Å². The average Bonchev–Trinajstić information content (AvgIpc) is 3.73. The standard InChI is InChI=1S/C41H27N2O2P.C4H6/c44-46(30-11-3-1-4-12-30,31-13-5-2-6-14-31)32-20-23-40-36(27-32)35-26-29(19-22-39(35)45-40)28-18-21-38-34(25-28)33-15-7-8-16-37(33)43(38)41-17-9-10-24-42-41;1-3-4-2/h1-27H;3-4H,1-2H2. The van der Waals surface area contributed by atoms with Crippen molar-refractivity contribution in [3.05, 3.63) is 189 Å². The number of nitrogens with zero attached hydrogens (tertiary/aromatic N) is 2. The molecule has 0 atom stereocenters. The molecule has 0 spiro atoms. The molecule has 0 unspecified atom stereocenters. The van der Waals surface area contributed by atoms with Crippen molar-refractivity contribution in [2.45, 2.75) is 0 Å². The molecule has 0 amide bonds. The Hall–Kier alpha value is -6.22. The average molecular weight is 665 g/mol. The molecule has 6 aromatic carbocycles. The van der Waals surface area contributed by atoms with Gasteiger partial charge in [-0.05, 0) is 71.8 Å². The second kappa shape index (κ2) is 13.0. The van der Waals surface area contributed by atoms with E-state index in [1.165, 1.54) is 10.8 Å². The molecular weight excluding hydrogens is 631 g/mol. The molecule has 9 rings (SSSR count). The van der Waals surface area contributed by atoms with Gasteiger partial charge in [0.2, 0.25) is 0 Å². The lowest BCUT2D eigenvalue weighted by atomic mass is 10.0. The van der Waals surface area contributed by atoms with E-state index >= 15 is 4.57 Å². The Labute approximate surface area is 290 Å². The molecule has 9 aromatic rings. The molecular formula is C45H33N2O2P. The molecule has 0 N–H and O–H groups in total. The van der Waals surface area contributed by atoms with Crippen LogP contribution in [0.1, 0.15) is 0 Å². The summed E-state index contributed by atoms with van der Waals surface area (Å²) < 4.78 is 23.6. The van der Waals surface area contributed by atoms with Crippen LogP contribution in [0, 0.1) is 0 Å². The third-order valence-corrected chi connectivity index (χ3v) is 12.2. The lowest BCUT2D eigenvalue weighted by Gasteiger charge is -2.20. The summed E-state index contributed by atoms with van der Waals surface area (Å²) in [6.07, 6.45) is 5.11. The number of aromatic nitrogens is 2. The van der Waals surface area contributed by atoms with Gasteiger partial charge in [0, 0.05) is 43.7 Å². The summed E-state index contributed by atoms with van der Waals surface area (Å²) in [5.41, 5.74) is 6.02. The van der Waals surface area contributed by atoms with E-state index in [0.29, 0.717) is 0 Å². The van der Waals surface area contributed by atoms with Crippen LogP contribution >= 0.6 is 7.14 Å². The fourth-order valence-corrected chi connectivity index (χ4v) is 9.42. The Bertz CT molecular complexity index is 2660. The first-order valence-electron chi connectivity index (χ1n) is 16.5. The molecule has 3 heterocycles. The zero-order valence-electron chi connectivity index (χ0n) is 27.3. The molecule has 0 saturated heterocycles. The van der Waals surface area contributed by atoms with Gasteiger partial charge in [-0.15, -0.1) is 0 Å². The van der Waals surface area contributed by atoms with Crippen LogP contribution in [-0.4, -0.2) is 9.55 Å². The van der Waals surface area contributed by atoms with Crippen molar-refractivity contribution in [3.8, 4) is 16.9 Å². The van der Waals surface area contributed by atoms with E-state index in [-0.39, 0.29) is 0 Å². The summed E-state index contributed by atoms with van der Waals surface area (Å²) in [7, 11) is -3.13. The summed E-state index contributed by atoms with van der Waals surface area (Å²) in [6, 6.07) is 53.0. The van der Waals surface area contributed by atoms with E-state index in [0.717, 1.165) is 65.8 Å². The lowest BCUT2D eigenvalue weighted by molar-refractivity contribution is 0.592. The van der Waals surface area contributed by atoms with Gasteiger partial charge in [-0.3, -0.25) is 4.57 Å². The highest BCUT2D eigenvalue weighted by molar-refractivity contribution is 7.85. The number of benzene rings is 6. The Morgan fingerprint density at radius 1 is 0.520 bits per heavy atom. The number of pyridine rings is 1. The lowest BCUT2D eigenvalue weighted by Crippen LogP contribution is -2.24. The van der Waals surface area contributed by atoms with Crippen LogP contribution in [0.25, 0.3) is 60.7 Å². The second-order valence-electron chi connectivity index (χ2n) is 12.0. The number of hydrogen-bond donors (Lipinski definition) is 0. The van der Waals surface area contributed by atoms with Crippen molar-refractivity contribution in [1.29, 1.82) is 0 Å². The van der Waals surface area contributed by atoms with Crippen molar-refractivity contribution in [1.82, 2.24) is 9.55 Å². The van der Waals surface area contributed by atoms with Crippen molar-refractivity contribution in [3.63, 3.8) is 0 Å². The van der Waals surface area contributed by atoms with E-state index in [4.69, 9.17) is 4.42 Å². The molecule has 0 aliphatic heterocycles. The van der Waals surface area contributed by atoms with Crippen molar-refractivity contribution >= 4 is 66.8 Å². The van der Waals surface area contributed by atoms with Gasteiger partial charge >= 0.3 is 0 Å². The molecule has 5 heteroatoms. The summed E-state index contributed by atoms with van der Waals surface area (Å²) in [4.78, 5) is 4.65. The van der Waals surface area contributed by atoms with Gasteiger partial charge in [-0.2, -0.15) is 0 Å². The minimum Gasteiger partial charge on any atom is -0.456 e. The minimum absolute atomic E-state index is 0.775. The predicted octanol–water partition coefficient (Wildman–Crippen LogP) is 10.7. The molecule has 4 nitrogen and oxygen atoms in total. The van der Waals surface area contributed by atoms with Gasteiger partial charge < -0.3 is 8.98 Å². The zero-order valence-corrected chi connectivity index (χ0v) is 28.2. The highest BCUT2D eigenvalue weighted by Gasteiger charge is 2.30. The summed E-state index contributed by atoms with van der Waals surface area (Å²) >= 11 is 0. The fraction of sp³-hybridized carbons (Fsp3) is 0. The number of allylic oxidation sites excluding steroid dienone is 2. The van der Waals surface area contributed by atoms with E-state index < -0.39 is 7.14 Å². The quantitative estimate of drug-likeness (QED) is 0.131. The van der Waals surface area contributed by atoms with Gasteiger partial charge in [0.25, 0.3) is 0 Å². The molecule has 240 valence electrons. The van der Waals surface area contributed by atoms with Crippen molar-refractivity contribution in [2.75, 3.05) is 0 Å². The van der Waals surface area contributed by atoms with Crippen LogP contribution in [0.15, 0.2) is 194 Å². The summed E-state index contributed by atoms with van der Waals surface area (Å²) in [6.45, 7) is 6.72. The van der Waals surface area contributed by atoms with Crippen LogP contribution < -0.4 is 15.9 Å². The minimum atomic E-state index is -3.13. The summed E-state index contributed by atoms with van der Waals surface area (Å²) in [5, 5.41) is 6.72. The van der Waals surface area contributed by atoms with E-state index in [1.807, 2.05) is 103 Å². The Morgan fingerprint density at radius 2 is 1.08 bits per heavy atom. The van der Waals surface area contributed by atoms with Crippen molar-refractivity contribution in [2.24, 2.45) is 0 Å². The van der Waals surface area contributed by atoms with Gasteiger partial charge in [0.15, 0.2) is 7.14 Å². The van der Waals surface area contributed by atoms with Gasteiger partial charge in [0.1, 0.15) is 17.0 Å². The van der Waals surface area contributed by atoms with E-state index in [9.17, 15) is 0 Å². The first kappa shape index (κ1) is 31.1. The third kappa shape index (κ3) is 5.27. The molecule has 0 aliphatic carbocycles. The monoisotopic (exact) mass is 664 g/mol. The van der Waals surface area contributed by atoms with Gasteiger partial charge in [-0.1, -0.05) is 122 Å². The van der Waals surface area contributed by atoms with Crippen LogP contribution in [0.5, 0.6) is 0 Å². The maximum Gasteiger partial charge on any atom is 0.171 e. The van der Waals surface area contributed by atoms with E-state index in [1.54, 1.807) is 12.2 Å². The van der Waals surface area contributed by atoms with Crippen LogP contribution in [0.2, 0.25) is 0 Å². The first-order chi connectivity index (χ1) is 24.6. The Kier molecular flexibility index (Phi) is 8.08. The van der Waals surface area contributed by atoms with Gasteiger partial charge in [0.05, 0.1) is 11.0 Å². The largest absolute Gasteiger partial charge is 0.456 e. The Balaban J connectivity index is 0.000000859. The molecule has 0 saturated carbocycles. The van der Waals surface area contributed by atoms with Crippen LogP contribution in [0.4, 0.5) is 0 Å². The number of furan rings is 1. The number of hydrogen-bond acceptors (Lipinski definition) is 3. The topological polar surface area (TPSA) is 48.0 Å². The Morgan fingerprint density at radius 3 is 1.74 bits per heavy atom. The normalized spacial score (nSPS) is 11.4. The molecule has 0 bridgehead atoms. The molecule has 50 heavy (non-hydrogen) atoms. The smallest absolute Gasteiger partial charge is 0.171 e. The number of rotatable bonds is 6. The number of fused-ring (bicyclic) bond motifs is 6. The zero-order chi connectivity index (χ0) is 34.1. The van der Waals surface area contributed by atoms with E-state index in [2.05, 4.69) is 83.4 Å². The molecule has 0 fully saturated rings. The fourth-order valence-electron chi connectivity index (χ4n) is 6.75. The highest BCUT2D eigenvalue weighted by atomic mass is 31.2. The first-order valence-corrected chi connectivity index (χ1v) is 18.2. The SMILES string of the molecule is C=CC=C.O=P(c1ccccc1)(c1ccccc1)c1ccc2oc3ccc(-c4ccc5c(c4)c4ccccc4n5-c4ccccn4)cc3c2c1. The third-order valence-electron chi connectivity index (χ3n) is 9.11. The maximum atomic E-state index is 15.1. The maximum absolute atomic E-state index is 15.1. The second-order valence-corrected chi connectivity index (χ2v) is 14.8. The molecule has 3 aromatic heterocycles. The van der Waals surface area contributed by atoms with Crippen LogP contribution in [0.3, 0.4) is 0 Å². The molecule has 0 aliphatic rings. The van der Waals surface area contributed by atoms with Gasteiger partial charge in [-0.25, -0.2) is 4.98 Å².